The highest BCUT2D eigenvalue weighted by molar-refractivity contribution is 6.05. The van der Waals surface area contributed by atoms with Crippen LogP contribution in [0.25, 0.3) is 0 Å². The molecule has 0 aliphatic carbocycles. The third-order valence-electron chi connectivity index (χ3n) is 5.55. The summed E-state index contributed by atoms with van der Waals surface area (Å²) in [7, 11) is 0. The lowest BCUT2D eigenvalue weighted by Gasteiger charge is -2.14. The van der Waals surface area contributed by atoms with Gasteiger partial charge in [-0.05, 0) is 73.7 Å². The smallest absolute Gasteiger partial charge is 0.303 e. The number of amides is 2. The molecule has 0 saturated heterocycles. The van der Waals surface area contributed by atoms with Gasteiger partial charge in [-0.15, -0.1) is 0 Å². The second-order valence-electron chi connectivity index (χ2n) is 8.47. The molecule has 0 fully saturated rings. The van der Waals surface area contributed by atoms with Gasteiger partial charge < -0.3 is 26.2 Å². The summed E-state index contributed by atoms with van der Waals surface area (Å²) in [5, 5.41) is 14.4. The van der Waals surface area contributed by atoms with Gasteiger partial charge in [0.2, 0.25) is 0 Å². The Labute approximate surface area is 210 Å². The van der Waals surface area contributed by atoms with Crippen molar-refractivity contribution in [3.63, 3.8) is 0 Å². The molecule has 0 bridgehead atoms. The van der Waals surface area contributed by atoms with Gasteiger partial charge in [0.15, 0.2) is 0 Å². The molecule has 3 rings (SSSR count). The van der Waals surface area contributed by atoms with Crippen molar-refractivity contribution in [3.8, 4) is 5.75 Å². The van der Waals surface area contributed by atoms with Crippen LogP contribution in [0.15, 0.2) is 66.7 Å². The first kappa shape index (κ1) is 26.3. The number of nitrogens with one attached hydrogen (secondary N) is 2. The highest BCUT2D eigenvalue weighted by atomic mass is 16.5. The van der Waals surface area contributed by atoms with Crippen molar-refractivity contribution < 1.29 is 24.2 Å². The molecule has 0 radical (unpaired) electrons. The number of ether oxygens (including phenoxy) is 1. The molecule has 3 aromatic carbocycles. The number of hydrogen-bond acceptors (Lipinski definition) is 5. The van der Waals surface area contributed by atoms with Crippen LogP contribution in [0.4, 0.5) is 11.4 Å². The molecule has 0 saturated carbocycles. The van der Waals surface area contributed by atoms with Crippen molar-refractivity contribution in [2.45, 2.75) is 39.2 Å². The Kier molecular flexibility index (Phi) is 9.45. The quantitative estimate of drug-likeness (QED) is 0.214. The maximum absolute atomic E-state index is 12.8. The van der Waals surface area contributed by atoms with Crippen LogP contribution in [0, 0.1) is 6.92 Å². The summed E-state index contributed by atoms with van der Waals surface area (Å²) in [6, 6.07) is 19.4. The summed E-state index contributed by atoms with van der Waals surface area (Å²) in [6.45, 7) is 2.67. The van der Waals surface area contributed by atoms with Crippen LogP contribution in [0.5, 0.6) is 5.75 Å². The number of hydrogen-bond donors (Lipinski definition) is 4. The molecule has 0 aliphatic rings. The van der Waals surface area contributed by atoms with Crippen molar-refractivity contribution in [2.75, 3.05) is 17.7 Å². The number of para-hydroxylation sites is 1. The van der Waals surface area contributed by atoms with Gasteiger partial charge >= 0.3 is 5.97 Å². The van der Waals surface area contributed by atoms with E-state index in [2.05, 4.69) is 10.6 Å². The molecular formula is C28H31N3O5. The Hall–Kier alpha value is -4.33. The first-order valence-electron chi connectivity index (χ1n) is 11.8. The number of aryl methyl sites for hydroxylation is 1. The average Bonchev–Trinajstić information content (AvgIpc) is 2.86. The van der Waals surface area contributed by atoms with Crippen LogP contribution < -0.4 is 21.1 Å². The van der Waals surface area contributed by atoms with E-state index in [1.54, 1.807) is 54.6 Å². The second-order valence-corrected chi connectivity index (χ2v) is 8.47. The maximum atomic E-state index is 12.8. The second kappa shape index (κ2) is 12.9. The van der Waals surface area contributed by atoms with E-state index in [4.69, 9.17) is 15.6 Å². The van der Waals surface area contributed by atoms with E-state index in [1.165, 1.54) is 0 Å². The number of benzene rings is 3. The van der Waals surface area contributed by atoms with Gasteiger partial charge in [-0.3, -0.25) is 14.4 Å². The monoisotopic (exact) mass is 489 g/mol. The molecule has 36 heavy (non-hydrogen) atoms. The molecular weight excluding hydrogens is 458 g/mol. The zero-order chi connectivity index (χ0) is 25.9. The lowest BCUT2D eigenvalue weighted by molar-refractivity contribution is -0.137. The molecule has 0 spiro atoms. The number of carboxylic acids is 1. The third kappa shape index (κ3) is 7.87. The number of nitrogen functional groups attached to an aromatic ring is 1. The lowest BCUT2D eigenvalue weighted by Crippen LogP contribution is -2.23. The number of carbonyl (C=O) groups is 3. The number of carboxylic acid groups (broad SMARTS) is 1. The minimum atomic E-state index is -0.797. The van der Waals surface area contributed by atoms with Crippen LogP contribution in [0.2, 0.25) is 0 Å². The molecule has 8 nitrogen and oxygen atoms in total. The third-order valence-corrected chi connectivity index (χ3v) is 5.55. The predicted molar refractivity (Wildman–Crippen MR) is 139 cm³/mol. The van der Waals surface area contributed by atoms with Crippen molar-refractivity contribution in [3.05, 3.63) is 89.0 Å². The molecule has 2 amide bonds. The standard InChI is InChI=1S/C28H31N3O5/c1-19-10-15-24(25(17-19)36-16-6-2-3-9-26(32)33)31-27(34)21-13-11-20(12-14-21)18-30-28(35)22-7-4-5-8-23(22)29/h4-5,7-8,10-15,17H,2-3,6,9,16,18,29H2,1H3,(H,30,35)(H,31,34)(H,32,33). The van der Waals surface area contributed by atoms with Crippen LogP contribution >= 0.6 is 0 Å². The van der Waals surface area contributed by atoms with Crippen LogP contribution in [0.3, 0.4) is 0 Å². The minimum Gasteiger partial charge on any atom is -0.491 e. The molecule has 8 heteroatoms. The largest absolute Gasteiger partial charge is 0.491 e. The minimum absolute atomic E-state index is 0.151. The fourth-order valence-electron chi connectivity index (χ4n) is 3.54. The number of anilines is 2. The molecule has 5 N–H and O–H groups in total. The summed E-state index contributed by atoms with van der Waals surface area (Å²) in [4.78, 5) is 35.8. The van der Waals surface area contributed by atoms with Crippen LogP contribution in [-0.2, 0) is 11.3 Å². The van der Waals surface area contributed by atoms with Gasteiger partial charge in [0.1, 0.15) is 5.75 Å². The zero-order valence-corrected chi connectivity index (χ0v) is 20.3. The lowest BCUT2D eigenvalue weighted by atomic mass is 10.1. The number of carbonyl (C=O) groups excluding carboxylic acids is 2. The predicted octanol–water partition coefficient (Wildman–Crippen LogP) is 4.78. The molecule has 0 heterocycles. The summed E-state index contributed by atoms with van der Waals surface area (Å²) in [5.74, 6) is -0.766. The number of rotatable bonds is 12. The fraction of sp³-hybridized carbons (Fsp3) is 0.250. The van der Waals surface area contributed by atoms with E-state index < -0.39 is 5.97 Å². The summed E-state index contributed by atoms with van der Waals surface area (Å²) >= 11 is 0. The first-order valence-corrected chi connectivity index (χ1v) is 11.8. The van der Waals surface area contributed by atoms with E-state index >= 15 is 0 Å². The van der Waals surface area contributed by atoms with Crippen LogP contribution in [-0.4, -0.2) is 29.5 Å². The van der Waals surface area contributed by atoms with E-state index in [9.17, 15) is 14.4 Å². The Bertz CT molecular complexity index is 1210. The summed E-state index contributed by atoms with van der Waals surface area (Å²) in [6.07, 6.45) is 2.24. The van der Waals surface area contributed by atoms with Crippen molar-refractivity contribution in [1.29, 1.82) is 0 Å². The number of nitrogens with two attached hydrogens (primary N) is 1. The van der Waals surface area contributed by atoms with E-state index in [1.807, 2.05) is 19.1 Å². The fourth-order valence-corrected chi connectivity index (χ4v) is 3.54. The van der Waals surface area contributed by atoms with E-state index in [-0.39, 0.29) is 18.2 Å². The number of aliphatic carboxylic acids is 1. The molecule has 0 unspecified atom stereocenters. The van der Waals surface area contributed by atoms with Gasteiger partial charge in [-0.1, -0.05) is 30.3 Å². The summed E-state index contributed by atoms with van der Waals surface area (Å²) < 4.78 is 5.87. The van der Waals surface area contributed by atoms with Gasteiger partial charge in [0, 0.05) is 24.2 Å². The van der Waals surface area contributed by atoms with Crippen molar-refractivity contribution in [1.82, 2.24) is 5.32 Å². The highest BCUT2D eigenvalue weighted by Gasteiger charge is 2.12. The molecule has 188 valence electrons. The Balaban J connectivity index is 1.54. The Morgan fingerprint density at radius 1 is 0.917 bits per heavy atom. The number of unbranched alkanes of at least 4 members (excludes halogenated alkanes) is 2. The van der Waals surface area contributed by atoms with Crippen molar-refractivity contribution >= 4 is 29.2 Å². The van der Waals surface area contributed by atoms with Gasteiger partial charge in [0.25, 0.3) is 11.8 Å². The van der Waals surface area contributed by atoms with Crippen LogP contribution in [0.1, 0.15) is 57.5 Å². The molecule has 0 aromatic heterocycles. The van der Waals surface area contributed by atoms with Crippen molar-refractivity contribution in [2.24, 2.45) is 0 Å². The molecule has 0 aliphatic heterocycles. The highest BCUT2D eigenvalue weighted by Crippen LogP contribution is 2.27. The summed E-state index contributed by atoms with van der Waals surface area (Å²) in [5.41, 5.74) is 9.56. The Morgan fingerprint density at radius 2 is 1.67 bits per heavy atom. The van der Waals surface area contributed by atoms with Gasteiger partial charge in [0.05, 0.1) is 17.9 Å². The average molecular weight is 490 g/mol. The first-order chi connectivity index (χ1) is 17.3. The normalized spacial score (nSPS) is 10.5. The Morgan fingerprint density at radius 3 is 2.39 bits per heavy atom. The van der Waals surface area contributed by atoms with Gasteiger partial charge in [-0.25, -0.2) is 0 Å². The maximum Gasteiger partial charge on any atom is 0.303 e. The molecule has 3 aromatic rings. The molecule has 0 atom stereocenters. The van der Waals surface area contributed by atoms with E-state index in [0.717, 1.165) is 24.0 Å². The SMILES string of the molecule is Cc1ccc(NC(=O)c2ccc(CNC(=O)c3ccccc3N)cc2)c(OCCCCCC(=O)O)c1. The topological polar surface area (TPSA) is 131 Å². The van der Waals surface area contributed by atoms with Gasteiger partial charge in [-0.2, -0.15) is 0 Å². The zero-order valence-electron chi connectivity index (χ0n) is 20.3. The van der Waals surface area contributed by atoms with E-state index in [0.29, 0.717) is 47.8 Å².